The number of anilines is 2. The minimum absolute atomic E-state index is 0.0919. The highest BCUT2D eigenvalue weighted by molar-refractivity contribution is 8.00. The minimum atomic E-state index is -0.478. The lowest BCUT2D eigenvalue weighted by atomic mass is 10.0. The summed E-state index contributed by atoms with van der Waals surface area (Å²) < 4.78 is 5.34. The summed E-state index contributed by atoms with van der Waals surface area (Å²) in [5.74, 6) is -0.430. The van der Waals surface area contributed by atoms with Crippen LogP contribution in [-0.2, 0) is 9.59 Å². The van der Waals surface area contributed by atoms with E-state index in [0.717, 1.165) is 27.1 Å². The zero-order valence-corrected chi connectivity index (χ0v) is 27.3. The zero-order valence-electron chi connectivity index (χ0n) is 25.8. The van der Waals surface area contributed by atoms with Crippen LogP contribution in [0.25, 0.3) is 17.2 Å². The van der Waals surface area contributed by atoms with Gasteiger partial charge in [0.05, 0.1) is 18.6 Å². The summed E-state index contributed by atoms with van der Waals surface area (Å²) >= 11 is 7.52. The summed E-state index contributed by atoms with van der Waals surface area (Å²) in [7, 11) is 1.52. The summed E-state index contributed by atoms with van der Waals surface area (Å²) in [4.78, 5) is 40.0. The van der Waals surface area contributed by atoms with Crippen LogP contribution in [-0.4, -0.2) is 30.6 Å². The zero-order chi connectivity index (χ0) is 33.2. The van der Waals surface area contributed by atoms with E-state index in [1.807, 2.05) is 79.7 Å². The maximum Gasteiger partial charge on any atom is 0.272 e. The molecule has 0 unspecified atom stereocenters. The fraction of sp³-hybridized carbons (Fsp3) is 0.0789. The summed E-state index contributed by atoms with van der Waals surface area (Å²) in [6, 6.07) is 37.0. The van der Waals surface area contributed by atoms with E-state index >= 15 is 0 Å². The lowest BCUT2D eigenvalue weighted by Crippen LogP contribution is -2.30. The molecule has 0 spiro atoms. The van der Waals surface area contributed by atoms with Crippen molar-refractivity contribution in [3.8, 4) is 16.9 Å². The van der Waals surface area contributed by atoms with Crippen molar-refractivity contribution in [1.29, 1.82) is 0 Å². The molecule has 0 aromatic heterocycles. The monoisotopic (exact) mass is 661 g/mol. The predicted octanol–water partition coefficient (Wildman–Crippen LogP) is 8.46. The Morgan fingerprint density at radius 2 is 1.43 bits per heavy atom. The van der Waals surface area contributed by atoms with Gasteiger partial charge < -0.3 is 20.7 Å². The summed E-state index contributed by atoms with van der Waals surface area (Å²) in [5.41, 5.74) is 5.30. The second-order valence-electron chi connectivity index (χ2n) is 10.5. The molecule has 7 nitrogen and oxygen atoms in total. The van der Waals surface area contributed by atoms with Gasteiger partial charge in [0.2, 0.25) is 5.91 Å². The molecule has 0 fully saturated rings. The first-order valence-electron chi connectivity index (χ1n) is 14.7. The number of nitrogens with one attached hydrogen (secondary N) is 3. The number of aryl methyl sites for hydroxylation is 1. The smallest absolute Gasteiger partial charge is 0.272 e. The van der Waals surface area contributed by atoms with Crippen molar-refractivity contribution in [3.05, 3.63) is 149 Å². The number of amides is 3. The number of carbonyl (C=O) groups excluding carboxylic acids is 3. The number of ether oxygens (including phenoxy) is 1. The molecule has 0 saturated heterocycles. The molecule has 0 heterocycles. The number of carbonyl (C=O) groups is 3. The van der Waals surface area contributed by atoms with Crippen LogP contribution in [0.15, 0.2) is 132 Å². The molecule has 3 amide bonds. The Kier molecular flexibility index (Phi) is 11.1. The lowest BCUT2D eigenvalue weighted by Gasteiger charge is -2.13. The van der Waals surface area contributed by atoms with Crippen LogP contribution in [0.1, 0.15) is 21.5 Å². The Hall–Kier alpha value is -5.31. The molecular weight excluding hydrogens is 630 g/mol. The molecule has 5 aromatic carbocycles. The molecule has 9 heteroatoms. The summed E-state index contributed by atoms with van der Waals surface area (Å²) in [5, 5.41) is 9.06. The highest BCUT2D eigenvalue weighted by Crippen LogP contribution is 2.31. The third kappa shape index (κ3) is 9.13. The number of methoxy groups -OCH3 is 1. The number of halogens is 1. The summed E-state index contributed by atoms with van der Waals surface area (Å²) in [6.45, 7) is 1.85. The first-order valence-corrected chi connectivity index (χ1v) is 16.1. The Morgan fingerprint density at radius 3 is 2.09 bits per heavy atom. The van der Waals surface area contributed by atoms with Gasteiger partial charge in [-0.1, -0.05) is 84.4 Å². The van der Waals surface area contributed by atoms with Gasteiger partial charge in [0.15, 0.2) is 0 Å². The van der Waals surface area contributed by atoms with Gasteiger partial charge in [-0.05, 0) is 77.7 Å². The van der Waals surface area contributed by atoms with E-state index in [2.05, 4.69) is 16.0 Å². The number of thioether (sulfide) groups is 1. The highest BCUT2D eigenvalue weighted by Gasteiger charge is 2.16. The van der Waals surface area contributed by atoms with Crippen molar-refractivity contribution < 1.29 is 19.1 Å². The third-order valence-corrected chi connectivity index (χ3v) is 8.51. The standard InChI is InChI=1S/C38H32ClN3O4S/c1-25-21-33(35(46-2)23-32(25)39)41-36(43)24-47-31-19-17-30(18-20-31)40-38(45)34(42-37(44)29-11-7-4-8-12-29)22-26-13-15-28(16-14-26)27-9-5-3-6-10-27/h3-23H,24H2,1-2H3,(H,40,45)(H,41,43)(H,42,44)/b34-22-. The van der Waals surface area contributed by atoms with E-state index in [4.69, 9.17) is 16.3 Å². The average molecular weight is 662 g/mol. The molecule has 0 aliphatic heterocycles. The van der Waals surface area contributed by atoms with Crippen molar-refractivity contribution >= 4 is 58.5 Å². The first-order chi connectivity index (χ1) is 22.8. The molecule has 0 atom stereocenters. The van der Waals surface area contributed by atoms with Crippen molar-refractivity contribution in [2.75, 3.05) is 23.5 Å². The van der Waals surface area contributed by atoms with E-state index in [1.54, 1.807) is 54.6 Å². The van der Waals surface area contributed by atoms with Gasteiger partial charge in [-0.15, -0.1) is 11.8 Å². The Labute approximate surface area is 283 Å². The van der Waals surface area contributed by atoms with Crippen LogP contribution in [0.4, 0.5) is 11.4 Å². The first kappa shape index (κ1) is 33.1. The molecule has 0 radical (unpaired) electrons. The molecule has 0 saturated carbocycles. The normalized spacial score (nSPS) is 11.0. The molecule has 5 rings (SSSR count). The molecule has 5 aromatic rings. The van der Waals surface area contributed by atoms with Gasteiger partial charge >= 0.3 is 0 Å². The molecule has 47 heavy (non-hydrogen) atoms. The van der Waals surface area contributed by atoms with Gasteiger partial charge in [-0.2, -0.15) is 0 Å². The largest absolute Gasteiger partial charge is 0.495 e. The Bertz CT molecular complexity index is 1900. The molecule has 3 N–H and O–H groups in total. The summed E-state index contributed by atoms with van der Waals surface area (Å²) in [6.07, 6.45) is 1.64. The van der Waals surface area contributed by atoms with Gasteiger partial charge in [0.25, 0.3) is 11.8 Å². The van der Waals surface area contributed by atoms with Crippen LogP contribution >= 0.6 is 23.4 Å². The van der Waals surface area contributed by atoms with Gasteiger partial charge in [0.1, 0.15) is 11.4 Å². The predicted molar refractivity (Wildman–Crippen MR) is 191 cm³/mol. The highest BCUT2D eigenvalue weighted by atomic mass is 35.5. The number of benzene rings is 5. The molecule has 0 aliphatic carbocycles. The second-order valence-corrected chi connectivity index (χ2v) is 11.9. The van der Waals surface area contributed by atoms with E-state index in [0.29, 0.717) is 27.7 Å². The van der Waals surface area contributed by atoms with Gasteiger partial charge in [-0.3, -0.25) is 14.4 Å². The van der Waals surface area contributed by atoms with E-state index in [9.17, 15) is 14.4 Å². The van der Waals surface area contributed by atoms with Crippen molar-refractivity contribution in [2.24, 2.45) is 0 Å². The van der Waals surface area contributed by atoms with Crippen molar-refractivity contribution in [1.82, 2.24) is 5.32 Å². The van der Waals surface area contributed by atoms with Crippen molar-refractivity contribution in [3.63, 3.8) is 0 Å². The van der Waals surface area contributed by atoms with Crippen LogP contribution in [0.3, 0.4) is 0 Å². The maximum atomic E-state index is 13.5. The maximum absolute atomic E-state index is 13.5. The topological polar surface area (TPSA) is 96.5 Å². The Balaban J connectivity index is 1.25. The van der Waals surface area contributed by atoms with Crippen LogP contribution in [0.5, 0.6) is 5.75 Å². The molecule has 0 aliphatic rings. The van der Waals surface area contributed by atoms with Crippen LogP contribution in [0, 0.1) is 6.92 Å². The fourth-order valence-corrected chi connectivity index (χ4v) is 5.46. The van der Waals surface area contributed by atoms with Gasteiger partial charge in [-0.25, -0.2) is 0 Å². The average Bonchev–Trinajstić information content (AvgIpc) is 3.10. The number of hydrogen-bond donors (Lipinski definition) is 3. The Morgan fingerprint density at radius 1 is 0.787 bits per heavy atom. The molecular formula is C38H32ClN3O4S. The fourth-order valence-electron chi connectivity index (χ4n) is 4.61. The van der Waals surface area contributed by atoms with E-state index in [-0.39, 0.29) is 17.4 Å². The number of hydrogen-bond acceptors (Lipinski definition) is 5. The third-order valence-electron chi connectivity index (χ3n) is 7.09. The molecule has 0 bridgehead atoms. The van der Waals surface area contributed by atoms with Gasteiger partial charge in [0, 0.05) is 27.2 Å². The minimum Gasteiger partial charge on any atom is -0.495 e. The van der Waals surface area contributed by atoms with E-state index in [1.165, 1.54) is 18.9 Å². The molecule has 236 valence electrons. The quantitative estimate of drug-likeness (QED) is 0.0975. The van der Waals surface area contributed by atoms with Crippen LogP contribution in [0.2, 0.25) is 5.02 Å². The lowest BCUT2D eigenvalue weighted by molar-refractivity contribution is -0.114. The SMILES string of the molecule is COc1cc(Cl)c(C)cc1NC(=O)CSc1ccc(NC(=O)/C(=C/c2ccc(-c3ccccc3)cc2)NC(=O)c2ccccc2)cc1. The number of rotatable bonds is 11. The van der Waals surface area contributed by atoms with E-state index < -0.39 is 11.8 Å². The second kappa shape index (κ2) is 15.8. The van der Waals surface area contributed by atoms with Crippen LogP contribution < -0.4 is 20.7 Å². The van der Waals surface area contributed by atoms with Crippen molar-refractivity contribution in [2.45, 2.75) is 11.8 Å².